The van der Waals surface area contributed by atoms with Crippen LogP contribution >= 0.6 is 0 Å². The smallest absolute Gasteiger partial charge is 0.0772 e. The summed E-state index contributed by atoms with van der Waals surface area (Å²) in [7, 11) is 0. The van der Waals surface area contributed by atoms with Gasteiger partial charge in [-0.1, -0.05) is 29.7 Å². The molecule has 2 aromatic carbocycles. The fraction of sp³-hybridized carbons (Fsp3) is 0. The summed E-state index contributed by atoms with van der Waals surface area (Å²) in [6.07, 6.45) is 7.76. The zero-order valence-corrected chi connectivity index (χ0v) is 15.0. The zero-order valence-electron chi connectivity index (χ0n) is 12.6. The van der Waals surface area contributed by atoms with Gasteiger partial charge in [0.2, 0.25) is 0 Å². The molecule has 1 radical (unpaired) electrons. The van der Waals surface area contributed by atoms with Crippen molar-refractivity contribution in [2.45, 2.75) is 0 Å². The van der Waals surface area contributed by atoms with E-state index in [1.165, 1.54) is 0 Å². The molecule has 0 aliphatic carbocycles. The quantitative estimate of drug-likeness (QED) is 0.327. The number of hydrogen-bond donors (Lipinski definition) is 0. The van der Waals surface area contributed by atoms with E-state index in [1.807, 2.05) is 36.8 Å². The van der Waals surface area contributed by atoms with Crippen molar-refractivity contribution in [1.82, 2.24) is 14.4 Å². The van der Waals surface area contributed by atoms with Crippen LogP contribution in [0.25, 0.3) is 38.4 Å². The molecule has 117 valence electrons. The summed E-state index contributed by atoms with van der Waals surface area (Å²) in [6.45, 7) is 0. The third-order valence-electron chi connectivity index (χ3n) is 4.23. The molecule has 5 aromatic rings. The first kappa shape index (κ1) is 15.0. The van der Waals surface area contributed by atoms with E-state index in [9.17, 15) is 0 Å². The largest absolute Gasteiger partial charge is 0.347 e. The summed E-state index contributed by atoms with van der Waals surface area (Å²) < 4.78 is 2.05. The van der Waals surface area contributed by atoms with Gasteiger partial charge < -0.3 is 4.40 Å². The van der Waals surface area contributed by atoms with E-state index in [0.29, 0.717) is 0 Å². The Morgan fingerprint density at radius 3 is 2.75 bits per heavy atom. The molecule has 4 heteroatoms. The van der Waals surface area contributed by atoms with Crippen LogP contribution in [0.3, 0.4) is 0 Å². The Morgan fingerprint density at radius 1 is 0.875 bits per heavy atom. The molecule has 0 fully saturated rings. The Balaban J connectivity index is 0.00000146. The van der Waals surface area contributed by atoms with Crippen LogP contribution in [0.4, 0.5) is 0 Å². The van der Waals surface area contributed by atoms with E-state index >= 15 is 0 Å². The van der Waals surface area contributed by atoms with Crippen molar-refractivity contribution in [1.29, 1.82) is 0 Å². The van der Waals surface area contributed by atoms with Gasteiger partial charge in [0.15, 0.2) is 0 Å². The summed E-state index contributed by atoms with van der Waals surface area (Å²) >= 11 is 0. The predicted octanol–water partition coefficient (Wildman–Crippen LogP) is 4.50. The topological polar surface area (TPSA) is 30.2 Å². The third kappa shape index (κ3) is 2.15. The normalized spacial score (nSPS) is 11.0. The molecule has 0 bridgehead atoms. The molecule has 0 unspecified atom stereocenters. The van der Waals surface area contributed by atoms with Gasteiger partial charge in [0.1, 0.15) is 0 Å². The van der Waals surface area contributed by atoms with E-state index in [2.05, 4.69) is 57.0 Å². The van der Waals surface area contributed by atoms with Crippen molar-refractivity contribution in [3.8, 4) is 11.1 Å². The Morgan fingerprint density at radius 2 is 1.79 bits per heavy atom. The number of imidazole rings is 1. The second-order valence-corrected chi connectivity index (χ2v) is 5.54. The molecular weight excluding hydrogens is 474 g/mol. The molecule has 3 heterocycles. The first-order valence-corrected chi connectivity index (χ1v) is 7.52. The molecule has 3 aromatic heterocycles. The molecule has 0 aliphatic rings. The van der Waals surface area contributed by atoms with E-state index in [0.717, 1.165) is 38.4 Å². The first-order valence-electron chi connectivity index (χ1n) is 7.52. The third-order valence-corrected chi connectivity index (χ3v) is 4.23. The average molecular weight is 487 g/mol. The van der Waals surface area contributed by atoms with Crippen LogP contribution in [0, 0.1) is 6.07 Å². The minimum Gasteiger partial charge on any atom is -0.347 e. The van der Waals surface area contributed by atoms with Gasteiger partial charge in [-0.2, -0.15) is 0 Å². The summed E-state index contributed by atoms with van der Waals surface area (Å²) in [5.74, 6) is 0. The second kappa shape index (κ2) is 5.82. The maximum Gasteiger partial charge on any atom is 0.0772 e. The summed E-state index contributed by atoms with van der Waals surface area (Å²) in [4.78, 5) is 9.06. The van der Waals surface area contributed by atoms with Gasteiger partial charge >= 0.3 is 0 Å². The van der Waals surface area contributed by atoms with Crippen molar-refractivity contribution in [2.75, 3.05) is 0 Å². The Hall–Kier alpha value is -2.55. The molecule has 0 saturated heterocycles. The SMILES string of the molecule is [Ir].[c-]1cccc2c(-c3cccc4cccnc34)cn3ccnc3c12. The van der Waals surface area contributed by atoms with Crippen molar-refractivity contribution in [3.63, 3.8) is 0 Å². The van der Waals surface area contributed by atoms with E-state index in [4.69, 9.17) is 0 Å². The number of para-hydroxylation sites is 1. The number of nitrogens with zero attached hydrogens (tertiary/aromatic N) is 3. The van der Waals surface area contributed by atoms with Gasteiger partial charge in [0.05, 0.1) is 11.2 Å². The van der Waals surface area contributed by atoms with Gasteiger partial charge in [0.25, 0.3) is 0 Å². The number of benzene rings is 2. The van der Waals surface area contributed by atoms with Crippen LogP contribution in [0.5, 0.6) is 0 Å². The molecule has 3 nitrogen and oxygen atoms in total. The minimum atomic E-state index is 0. The van der Waals surface area contributed by atoms with E-state index < -0.39 is 0 Å². The average Bonchev–Trinajstić information content (AvgIpc) is 3.09. The van der Waals surface area contributed by atoms with Crippen molar-refractivity contribution >= 4 is 27.3 Å². The van der Waals surface area contributed by atoms with Gasteiger partial charge in [-0.05, 0) is 11.6 Å². The van der Waals surface area contributed by atoms with Gasteiger partial charge in [0, 0.05) is 55.8 Å². The van der Waals surface area contributed by atoms with Crippen molar-refractivity contribution < 1.29 is 20.1 Å². The molecule has 0 saturated carbocycles. The van der Waals surface area contributed by atoms with Gasteiger partial charge in [-0.15, -0.1) is 29.7 Å². The summed E-state index contributed by atoms with van der Waals surface area (Å²) in [5, 5.41) is 3.32. The Kier molecular flexibility index (Phi) is 3.64. The van der Waals surface area contributed by atoms with Gasteiger partial charge in [-0.3, -0.25) is 9.97 Å². The number of hydrogen-bond acceptors (Lipinski definition) is 2. The fourth-order valence-corrected chi connectivity index (χ4v) is 3.20. The number of aromatic nitrogens is 3. The zero-order chi connectivity index (χ0) is 15.2. The Bertz CT molecular complexity index is 1170. The van der Waals surface area contributed by atoms with E-state index in [-0.39, 0.29) is 20.1 Å². The van der Waals surface area contributed by atoms with Crippen LogP contribution in [0.2, 0.25) is 0 Å². The molecule has 0 aliphatic heterocycles. The fourth-order valence-electron chi connectivity index (χ4n) is 3.20. The molecular formula is C20H12IrN3-. The van der Waals surface area contributed by atoms with Crippen molar-refractivity contribution in [3.05, 3.63) is 79.4 Å². The molecule has 24 heavy (non-hydrogen) atoms. The maximum atomic E-state index is 4.60. The number of rotatable bonds is 1. The van der Waals surface area contributed by atoms with E-state index in [1.54, 1.807) is 0 Å². The molecule has 0 amide bonds. The first-order chi connectivity index (χ1) is 11.4. The van der Waals surface area contributed by atoms with Crippen LogP contribution in [-0.2, 0) is 20.1 Å². The molecule has 0 N–H and O–H groups in total. The van der Waals surface area contributed by atoms with Crippen LogP contribution in [-0.4, -0.2) is 14.4 Å². The summed E-state index contributed by atoms with van der Waals surface area (Å²) in [5.41, 5.74) is 4.21. The van der Waals surface area contributed by atoms with Crippen molar-refractivity contribution in [2.24, 2.45) is 0 Å². The van der Waals surface area contributed by atoms with Crippen LogP contribution < -0.4 is 0 Å². The minimum absolute atomic E-state index is 0. The number of fused-ring (bicyclic) bond motifs is 4. The Labute approximate surface area is 152 Å². The second-order valence-electron chi connectivity index (χ2n) is 5.54. The van der Waals surface area contributed by atoms with Crippen LogP contribution in [0.1, 0.15) is 0 Å². The predicted molar refractivity (Wildman–Crippen MR) is 92.3 cm³/mol. The maximum absolute atomic E-state index is 4.60. The molecule has 0 spiro atoms. The molecule has 0 atom stereocenters. The standard InChI is InChI=1S/C20H12N3.Ir/c1-2-8-17-15(7-1)18(13-23-12-11-22-20(17)23)16-9-3-5-14-6-4-10-21-19(14)16;/h1-7,9-13H;/q-1;. The number of pyridine rings is 2. The van der Waals surface area contributed by atoms with Crippen LogP contribution in [0.15, 0.2) is 73.3 Å². The molecule has 5 rings (SSSR count). The van der Waals surface area contributed by atoms with Gasteiger partial charge in [-0.25, -0.2) is 0 Å². The monoisotopic (exact) mass is 487 g/mol. The summed E-state index contributed by atoms with van der Waals surface area (Å²) in [6, 6.07) is 19.8.